The van der Waals surface area contributed by atoms with E-state index in [1.165, 1.54) is 4.57 Å². The molecular formula is C23H24ClN3O2. The van der Waals surface area contributed by atoms with Crippen molar-refractivity contribution in [3.8, 4) is 16.9 Å². The van der Waals surface area contributed by atoms with Gasteiger partial charge in [0.1, 0.15) is 6.54 Å². The molecule has 1 amide bonds. The van der Waals surface area contributed by atoms with Crippen LogP contribution in [0.15, 0.2) is 59.9 Å². The van der Waals surface area contributed by atoms with E-state index in [1.807, 2.05) is 57.2 Å². The second kappa shape index (κ2) is 8.53. The highest BCUT2D eigenvalue weighted by Gasteiger charge is 2.21. The Morgan fingerprint density at radius 2 is 1.90 bits per heavy atom. The molecule has 0 aliphatic heterocycles. The molecule has 29 heavy (non-hydrogen) atoms. The summed E-state index contributed by atoms with van der Waals surface area (Å²) in [4.78, 5) is 25.8. The molecule has 0 aliphatic carbocycles. The maximum atomic E-state index is 13.3. The van der Waals surface area contributed by atoms with Gasteiger partial charge in [0.15, 0.2) is 0 Å². The normalized spacial score (nSPS) is 10.9. The fourth-order valence-corrected chi connectivity index (χ4v) is 3.57. The number of carbonyl (C=O) groups is 1. The number of amides is 1. The highest BCUT2D eigenvalue weighted by Crippen LogP contribution is 2.27. The van der Waals surface area contributed by atoms with E-state index in [-0.39, 0.29) is 24.2 Å². The van der Waals surface area contributed by atoms with E-state index < -0.39 is 0 Å². The number of nitrogens with zero attached hydrogens (tertiary/aromatic N) is 2. The minimum absolute atomic E-state index is 0.0116. The van der Waals surface area contributed by atoms with Crippen LogP contribution in [0.4, 0.5) is 0 Å². The standard InChI is InChI=1S/C23H24ClN3O2/c1-5-17-9-11-20(12-10-17)27-16(4)22(18-7-6-8-19(24)13-18)26(23(27)29)14-21(28)25-15(2)3/h5-13,15H,1,14H2,2-4H3,(H,25,28). The summed E-state index contributed by atoms with van der Waals surface area (Å²) in [6.45, 7) is 9.33. The zero-order valence-corrected chi connectivity index (χ0v) is 17.5. The van der Waals surface area contributed by atoms with Gasteiger partial charge in [-0.05, 0) is 50.6 Å². The van der Waals surface area contributed by atoms with Crippen LogP contribution in [-0.2, 0) is 11.3 Å². The van der Waals surface area contributed by atoms with Crippen LogP contribution in [-0.4, -0.2) is 21.1 Å². The Kier molecular flexibility index (Phi) is 6.09. The van der Waals surface area contributed by atoms with E-state index in [1.54, 1.807) is 22.8 Å². The lowest BCUT2D eigenvalue weighted by atomic mass is 10.1. The molecule has 0 saturated carbocycles. The highest BCUT2D eigenvalue weighted by atomic mass is 35.5. The molecule has 0 atom stereocenters. The van der Waals surface area contributed by atoms with Crippen molar-refractivity contribution in [3.05, 3.63) is 81.9 Å². The van der Waals surface area contributed by atoms with Crippen LogP contribution in [0, 0.1) is 6.92 Å². The molecule has 0 radical (unpaired) electrons. The molecule has 0 bridgehead atoms. The van der Waals surface area contributed by atoms with Crippen LogP contribution < -0.4 is 11.0 Å². The van der Waals surface area contributed by atoms with Gasteiger partial charge in [-0.15, -0.1) is 0 Å². The topological polar surface area (TPSA) is 56.0 Å². The van der Waals surface area contributed by atoms with Gasteiger partial charge in [0.25, 0.3) is 0 Å². The lowest BCUT2D eigenvalue weighted by Gasteiger charge is -2.11. The lowest BCUT2D eigenvalue weighted by molar-refractivity contribution is -0.122. The average molecular weight is 410 g/mol. The van der Waals surface area contributed by atoms with E-state index in [4.69, 9.17) is 11.6 Å². The number of rotatable bonds is 6. The second-order valence-electron chi connectivity index (χ2n) is 7.17. The zero-order chi connectivity index (χ0) is 21.1. The molecule has 5 nitrogen and oxygen atoms in total. The monoisotopic (exact) mass is 409 g/mol. The molecule has 6 heteroatoms. The van der Waals surface area contributed by atoms with E-state index in [2.05, 4.69) is 11.9 Å². The summed E-state index contributed by atoms with van der Waals surface area (Å²) in [5.74, 6) is -0.218. The van der Waals surface area contributed by atoms with Gasteiger partial charge in [-0.2, -0.15) is 0 Å². The third-order valence-corrected chi connectivity index (χ3v) is 4.84. The predicted octanol–water partition coefficient (Wildman–Crippen LogP) is 4.44. The number of imidazole rings is 1. The minimum atomic E-state index is -0.275. The Hall–Kier alpha value is -3.05. The van der Waals surface area contributed by atoms with Crippen LogP contribution in [0.5, 0.6) is 0 Å². The van der Waals surface area contributed by atoms with Crippen molar-refractivity contribution in [2.75, 3.05) is 0 Å². The van der Waals surface area contributed by atoms with Crippen LogP contribution in [0.3, 0.4) is 0 Å². The molecule has 3 aromatic rings. The van der Waals surface area contributed by atoms with Gasteiger partial charge in [0.2, 0.25) is 5.91 Å². The molecule has 1 heterocycles. The fourth-order valence-electron chi connectivity index (χ4n) is 3.38. The van der Waals surface area contributed by atoms with E-state index in [9.17, 15) is 9.59 Å². The first-order valence-corrected chi connectivity index (χ1v) is 9.80. The Bertz CT molecular complexity index is 1110. The molecule has 1 N–H and O–H groups in total. The SMILES string of the molecule is C=Cc1ccc(-n2c(C)c(-c3cccc(Cl)c3)n(CC(=O)NC(C)C)c2=O)cc1. The molecule has 2 aromatic carbocycles. The summed E-state index contributed by atoms with van der Waals surface area (Å²) >= 11 is 6.19. The first-order valence-electron chi connectivity index (χ1n) is 9.42. The number of halogens is 1. The second-order valence-corrected chi connectivity index (χ2v) is 7.60. The molecule has 3 rings (SSSR count). The first kappa shape index (κ1) is 20.7. The summed E-state index contributed by atoms with van der Waals surface area (Å²) in [5.41, 5.74) is 3.61. The van der Waals surface area contributed by atoms with Gasteiger partial charge in [-0.25, -0.2) is 4.79 Å². The largest absolute Gasteiger partial charge is 0.352 e. The summed E-state index contributed by atoms with van der Waals surface area (Å²) in [6, 6.07) is 14.8. The molecule has 0 spiro atoms. The van der Waals surface area contributed by atoms with Crippen LogP contribution >= 0.6 is 11.6 Å². The third kappa shape index (κ3) is 4.35. The maximum absolute atomic E-state index is 13.3. The summed E-state index contributed by atoms with van der Waals surface area (Å²) in [6.07, 6.45) is 1.75. The van der Waals surface area contributed by atoms with Gasteiger partial charge in [0, 0.05) is 22.3 Å². The molecule has 0 aliphatic rings. The van der Waals surface area contributed by atoms with Gasteiger partial charge >= 0.3 is 5.69 Å². The Morgan fingerprint density at radius 3 is 2.48 bits per heavy atom. The van der Waals surface area contributed by atoms with E-state index in [0.29, 0.717) is 10.7 Å². The van der Waals surface area contributed by atoms with Crippen molar-refractivity contribution in [3.63, 3.8) is 0 Å². The first-order chi connectivity index (χ1) is 13.8. The molecule has 0 fully saturated rings. The number of aromatic nitrogens is 2. The third-order valence-electron chi connectivity index (χ3n) is 4.61. The molecule has 150 valence electrons. The summed E-state index contributed by atoms with van der Waals surface area (Å²) in [7, 11) is 0. The predicted molar refractivity (Wildman–Crippen MR) is 119 cm³/mol. The van der Waals surface area contributed by atoms with Crippen molar-refractivity contribution < 1.29 is 4.79 Å². The van der Waals surface area contributed by atoms with Gasteiger partial charge < -0.3 is 5.32 Å². The van der Waals surface area contributed by atoms with Crippen molar-refractivity contribution in [1.29, 1.82) is 0 Å². The Labute approximate surface area is 175 Å². The maximum Gasteiger partial charge on any atom is 0.333 e. The zero-order valence-electron chi connectivity index (χ0n) is 16.8. The van der Waals surface area contributed by atoms with Crippen molar-refractivity contribution >= 4 is 23.6 Å². The molecule has 1 aromatic heterocycles. The van der Waals surface area contributed by atoms with E-state index >= 15 is 0 Å². The van der Waals surface area contributed by atoms with Crippen molar-refractivity contribution in [1.82, 2.24) is 14.5 Å². The quantitative estimate of drug-likeness (QED) is 0.654. The molecule has 0 unspecified atom stereocenters. The highest BCUT2D eigenvalue weighted by molar-refractivity contribution is 6.30. The average Bonchev–Trinajstić information content (AvgIpc) is 2.91. The van der Waals surface area contributed by atoms with Crippen LogP contribution in [0.25, 0.3) is 23.0 Å². The smallest absolute Gasteiger partial charge is 0.333 e. The van der Waals surface area contributed by atoms with Gasteiger partial charge in [-0.1, -0.05) is 48.5 Å². The van der Waals surface area contributed by atoms with Crippen molar-refractivity contribution in [2.45, 2.75) is 33.4 Å². The lowest BCUT2D eigenvalue weighted by Crippen LogP contribution is -2.36. The molecular weight excluding hydrogens is 386 g/mol. The molecule has 0 saturated heterocycles. The van der Waals surface area contributed by atoms with Crippen LogP contribution in [0.2, 0.25) is 5.02 Å². The van der Waals surface area contributed by atoms with Gasteiger partial charge in [-0.3, -0.25) is 13.9 Å². The fraction of sp³-hybridized carbons (Fsp3) is 0.217. The number of hydrogen-bond donors (Lipinski definition) is 1. The Morgan fingerprint density at radius 1 is 1.21 bits per heavy atom. The van der Waals surface area contributed by atoms with Crippen LogP contribution in [0.1, 0.15) is 25.1 Å². The summed E-state index contributed by atoms with van der Waals surface area (Å²) in [5, 5.41) is 3.41. The van der Waals surface area contributed by atoms with Gasteiger partial charge in [0.05, 0.1) is 11.4 Å². The number of carbonyl (C=O) groups excluding carboxylic acids is 1. The number of nitrogens with one attached hydrogen (secondary N) is 1. The number of hydrogen-bond acceptors (Lipinski definition) is 2. The number of benzene rings is 2. The van der Waals surface area contributed by atoms with Crippen molar-refractivity contribution in [2.24, 2.45) is 0 Å². The minimum Gasteiger partial charge on any atom is -0.352 e. The Balaban J connectivity index is 2.20. The van der Waals surface area contributed by atoms with E-state index in [0.717, 1.165) is 22.5 Å². The summed E-state index contributed by atoms with van der Waals surface area (Å²) < 4.78 is 3.12.